The molecule has 1 aliphatic rings. The fourth-order valence-electron chi connectivity index (χ4n) is 2.53. The number of nitrogens with zero attached hydrogens (tertiary/aromatic N) is 2. The molecule has 0 bridgehead atoms. The highest BCUT2D eigenvalue weighted by Crippen LogP contribution is 2.24. The lowest BCUT2D eigenvalue weighted by atomic mass is 10.0. The molecule has 0 saturated carbocycles. The number of hydrogen-bond acceptors (Lipinski definition) is 5. The number of sulfone groups is 1. The lowest BCUT2D eigenvalue weighted by molar-refractivity contribution is 0.219. The standard InChI is InChI=1S/C14H23N3O2S/c1-16(2)13-5-3-12(4-6-13)14(11-15)17-7-9-20(18,19)10-8-17/h3-6,14H,7-11,15H2,1-2H3. The molecule has 1 saturated heterocycles. The van der Waals surface area contributed by atoms with Crippen LogP contribution in [0.25, 0.3) is 0 Å². The molecule has 2 rings (SSSR count). The lowest BCUT2D eigenvalue weighted by Gasteiger charge is -2.34. The van der Waals surface area contributed by atoms with Gasteiger partial charge in [-0.15, -0.1) is 0 Å². The van der Waals surface area contributed by atoms with E-state index in [0.717, 1.165) is 11.3 Å². The van der Waals surface area contributed by atoms with E-state index in [2.05, 4.69) is 34.1 Å². The van der Waals surface area contributed by atoms with Crippen LogP contribution in [0.2, 0.25) is 0 Å². The van der Waals surface area contributed by atoms with Crippen LogP contribution in [0, 0.1) is 0 Å². The molecular formula is C14H23N3O2S. The number of hydrogen-bond donors (Lipinski definition) is 1. The Labute approximate surface area is 121 Å². The molecule has 0 amide bonds. The smallest absolute Gasteiger partial charge is 0.152 e. The summed E-state index contributed by atoms with van der Waals surface area (Å²) in [7, 11) is 1.16. The predicted molar refractivity (Wildman–Crippen MR) is 82.8 cm³/mol. The molecule has 2 N–H and O–H groups in total. The van der Waals surface area contributed by atoms with Crippen molar-refractivity contribution in [2.45, 2.75) is 6.04 Å². The molecule has 5 nitrogen and oxygen atoms in total. The second kappa shape index (κ2) is 6.11. The van der Waals surface area contributed by atoms with Gasteiger partial charge in [-0.3, -0.25) is 4.90 Å². The number of rotatable bonds is 4. The Morgan fingerprint density at radius 1 is 1.20 bits per heavy atom. The first-order valence-electron chi connectivity index (χ1n) is 6.85. The van der Waals surface area contributed by atoms with Crippen molar-refractivity contribution in [3.63, 3.8) is 0 Å². The van der Waals surface area contributed by atoms with E-state index in [9.17, 15) is 8.42 Å². The fraction of sp³-hybridized carbons (Fsp3) is 0.571. The summed E-state index contributed by atoms with van der Waals surface area (Å²) in [6, 6.07) is 8.39. The summed E-state index contributed by atoms with van der Waals surface area (Å²) in [5, 5.41) is 0. The summed E-state index contributed by atoms with van der Waals surface area (Å²) in [4.78, 5) is 4.22. The van der Waals surface area contributed by atoms with E-state index in [1.165, 1.54) is 0 Å². The maximum absolute atomic E-state index is 11.5. The molecule has 112 valence electrons. The van der Waals surface area contributed by atoms with Gasteiger partial charge in [-0.25, -0.2) is 8.42 Å². The molecule has 0 aliphatic carbocycles. The third-order valence-corrected chi connectivity index (χ3v) is 5.45. The highest BCUT2D eigenvalue weighted by Gasteiger charge is 2.27. The van der Waals surface area contributed by atoms with Crippen LogP contribution in [0.5, 0.6) is 0 Å². The minimum atomic E-state index is -2.85. The van der Waals surface area contributed by atoms with E-state index in [0.29, 0.717) is 19.6 Å². The zero-order valence-corrected chi connectivity index (χ0v) is 12.9. The molecule has 1 heterocycles. The first-order chi connectivity index (χ1) is 9.43. The zero-order chi connectivity index (χ0) is 14.8. The third kappa shape index (κ3) is 3.50. The molecule has 0 aromatic heterocycles. The molecule has 1 atom stereocenters. The average Bonchev–Trinajstić information content (AvgIpc) is 2.42. The van der Waals surface area contributed by atoms with Crippen molar-refractivity contribution < 1.29 is 8.42 Å². The van der Waals surface area contributed by atoms with Crippen LogP contribution < -0.4 is 10.6 Å². The van der Waals surface area contributed by atoms with Gasteiger partial charge in [0.05, 0.1) is 11.5 Å². The number of benzene rings is 1. The van der Waals surface area contributed by atoms with Gasteiger partial charge in [-0.2, -0.15) is 0 Å². The maximum Gasteiger partial charge on any atom is 0.152 e. The summed E-state index contributed by atoms with van der Waals surface area (Å²) in [6.45, 7) is 1.64. The number of anilines is 1. The van der Waals surface area contributed by atoms with Crippen molar-refractivity contribution in [2.24, 2.45) is 5.73 Å². The van der Waals surface area contributed by atoms with Gasteiger partial charge in [0.15, 0.2) is 9.84 Å². The highest BCUT2D eigenvalue weighted by atomic mass is 32.2. The summed E-state index contributed by atoms with van der Waals surface area (Å²) in [5.41, 5.74) is 8.19. The van der Waals surface area contributed by atoms with E-state index < -0.39 is 9.84 Å². The summed E-state index contributed by atoms with van der Waals surface area (Å²) >= 11 is 0. The monoisotopic (exact) mass is 297 g/mol. The van der Waals surface area contributed by atoms with Crippen molar-refractivity contribution in [3.8, 4) is 0 Å². The molecule has 0 spiro atoms. The normalized spacial score (nSPS) is 20.6. The van der Waals surface area contributed by atoms with Crippen molar-refractivity contribution in [2.75, 3.05) is 50.1 Å². The largest absolute Gasteiger partial charge is 0.378 e. The molecule has 0 radical (unpaired) electrons. The Bertz CT molecular complexity index is 526. The summed E-state index contributed by atoms with van der Waals surface area (Å²) in [5.74, 6) is 0.471. The zero-order valence-electron chi connectivity index (χ0n) is 12.1. The lowest BCUT2D eigenvalue weighted by Crippen LogP contribution is -2.44. The van der Waals surface area contributed by atoms with E-state index in [4.69, 9.17) is 5.73 Å². The Balaban J connectivity index is 2.12. The second-order valence-corrected chi connectivity index (χ2v) is 7.73. The van der Waals surface area contributed by atoms with Gasteiger partial charge in [0.2, 0.25) is 0 Å². The Morgan fingerprint density at radius 3 is 2.20 bits per heavy atom. The molecule has 20 heavy (non-hydrogen) atoms. The fourth-order valence-corrected chi connectivity index (χ4v) is 3.76. The second-order valence-electron chi connectivity index (χ2n) is 5.43. The van der Waals surface area contributed by atoms with E-state index in [1.807, 2.05) is 14.1 Å². The molecule has 6 heteroatoms. The van der Waals surface area contributed by atoms with Gasteiger partial charge < -0.3 is 10.6 Å². The quantitative estimate of drug-likeness (QED) is 0.876. The van der Waals surface area contributed by atoms with Crippen LogP contribution in [0.3, 0.4) is 0 Å². The van der Waals surface area contributed by atoms with Crippen LogP contribution in [0.4, 0.5) is 5.69 Å². The van der Waals surface area contributed by atoms with Crippen LogP contribution in [0.1, 0.15) is 11.6 Å². The third-order valence-electron chi connectivity index (χ3n) is 3.84. The molecule has 1 aromatic rings. The Kier molecular flexibility index (Phi) is 4.67. The van der Waals surface area contributed by atoms with Gasteiger partial charge >= 0.3 is 0 Å². The van der Waals surface area contributed by atoms with E-state index >= 15 is 0 Å². The van der Waals surface area contributed by atoms with Crippen LogP contribution in [-0.4, -0.2) is 58.6 Å². The van der Waals surface area contributed by atoms with Crippen molar-refractivity contribution >= 4 is 15.5 Å². The molecule has 1 aliphatic heterocycles. The van der Waals surface area contributed by atoms with E-state index in [1.54, 1.807) is 0 Å². The predicted octanol–water partition coefficient (Wildman–Crippen LogP) is 0.483. The Hall–Kier alpha value is -1.11. The highest BCUT2D eigenvalue weighted by molar-refractivity contribution is 7.91. The summed E-state index contributed by atoms with van der Waals surface area (Å²) < 4.78 is 23.0. The van der Waals surface area contributed by atoms with Gasteiger partial charge in [0, 0.05) is 45.5 Å². The molecule has 1 unspecified atom stereocenters. The summed E-state index contributed by atoms with van der Waals surface area (Å²) in [6.07, 6.45) is 0. The van der Waals surface area contributed by atoms with Crippen molar-refractivity contribution in [3.05, 3.63) is 29.8 Å². The van der Waals surface area contributed by atoms with Gasteiger partial charge in [0.1, 0.15) is 0 Å². The van der Waals surface area contributed by atoms with Gasteiger partial charge in [0.25, 0.3) is 0 Å². The Morgan fingerprint density at radius 2 is 1.75 bits per heavy atom. The number of nitrogens with two attached hydrogens (primary N) is 1. The van der Waals surface area contributed by atoms with Crippen LogP contribution in [0.15, 0.2) is 24.3 Å². The van der Waals surface area contributed by atoms with Crippen LogP contribution >= 0.6 is 0 Å². The van der Waals surface area contributed by atoms with Crippen LogP contribution in [-0.2, 0) is 9.84 Å². The topological polar surface area (TPSA) is 66.6 Å². The minimum Gasteiger partial charge on any atom is -0.378 e. The molecule has 1 fully saturated rings. The van der Waals surface area contributed by atoms with E-state index in [-0.39, 0.29) is 17.5 Å². The molecular weight excluding hydrogens is 274 g/mol. The average molecular weight is 297 g/mol. The maximum atomic E-state index is 11.5. The van der Waals surface area contributed by atoms with Gasteiger partial charge in [-0.05, 0) is 17.7 Å². The van der Waals surface area contributed by atoms with Crippen molar-refractivity contribution in [1.29, 1.82) is 0 Å². The first kappa shape index (κ1) is 15.3. The molecule has 1 aromatic carbocycles. The minimum absolute atomic E-state index is 0.0988. The van der Waals surface area contributed by atoms with Gasteiger partial charge in [-0.1, -0.05) is 12.1 Å². The first-order valence-corrected chi connectivity index (χ1v) is 8.67. The van der Waals surface area contributed by atoms with Crippen molar-refractivity contribution in [1.82, 2.24) is 4.90 Å². The SMILES string of the molecule is CN(C)c1ccc(C(CN)N2CCS(=O)(=O)CC2)cc1.